The van der Waals surface area contributed by atoms with E-state index < -0.39 is 0 Å². The summed E-state index contributed by atoms with van der Waals surface area (Å²) in [5.41, 5.74) is 6.91. The van der Waals surface area contributed by atoms with E-state index in [4.69, 9.17) is 15.2 Å². The Morgan fingerprint density at radius 2 is 2.08 bits per heavy atom. The van der Waals surface area contributed by atoms with E-state index in [0.29, 0.717) is 10.8 Å². The molecule has 0 bridgehead atoms. The minimum Gasteiger partial charge on any atom is -0.454 e. The molecule has 2 aliphatic rings. The van der Waals surface area contributed by atoms with Crippen LogP contribution in [0.5, 0.6) is 11.5 Å². The number of nitrogens with two attached hydrogens (primary N) is 1. The molecule has 0 radical (unpaired) electrons. The summed E-state index contributed by atoms with van der Waals surface area (Å²) < 4.78 is 10.7. The Hall–Kier alpha value is -2.12. The number of benzene rings is 1. The Morgan fingerprint density at radius 1 is 1.32 bits per heavy atom. The summed E-state index contributed by atoms with van der Waals surface area (Å²) in [4.78, 5) is 19.7. The van der Waals surface area contributed by atoms with Crippen molar-refractivity contribution in [1.29, 1.82) is 0 Å². The molecule has 7 heteroatoms. The molecule has 3 heterocycles. The SMILES string of the molecule is CC(N)C1CCN(C(=O)c2cnc(-c3ccc4c(c3)OCO4)s2)CC1. The van der Waals surface area contributed by atoms with Crippen molar-refractivity contribution in [2.45, 2.75) is 25.8 Å². The number of aromatic nitrogens is 1. The largest absolute Gasteiger partial charge is 0.454 e. The van der Waals surface area contributed by atoms with Gasteiger partial charge in [-0.05, 0) is 43.9 Å². The molecule has 1 unspecified atom stereocenters. The summed E-state index contributed by atoms with van der Waals surface area (Å²) in [5, 5.41) is 0.812. The fourth-order valence-electron chi connectivity index (χ4n) is 3.32. The molecule has 1 aromatic heterocycles. The average Bonchev–Trinajstić information content (AvgIpc) is 3.29. The van der Waals surface area contributed by atoms with Crippen molar-refractivity contribution in [3.05, 3.63) is 29.3 Å². The van der Waals surface area contributed by atoms with Crippen LogP contribution in [0, 0.1) is 5.92 Å². The Kier molecular flexibility index (Phi) is 4.35. The van der Waals surface area contributed by atoms with Gasteiger partial charge < -0.3 is 20.1 Å². The zero-order chi connectivity index (χ0) is 17.4. The van der Waals surface area contributed by atoms with Crippen LogP contribution in [0.2, 0.25) is 0 Å². The third-order valence-corrected chi connectivity index (χ3v) is 5.94. The first kappa shape index (κ1) is 16.4. The smallest absolute Gasteiger partial charge is 0.265 e. The molecule has 6 nitrogen and oxygen atoms in total. The van der Waals surface area contributed by atoms with Crippen LogP contribution in [0.15, 0.2) is 24.4 Å². The van der Waals surface area contributed by atoms with Crippen molar-refractivity contribution in [2.24, 2.45) is 11.7 Å². The maximum atomic E-state index is 12.7. The van der Waals surface area contributed by atoms with Gasteiger partial charge >= 0.3 is 0 Å². The van der Waals surface area contributed by atoms with Crippen molar-refractivity contribution in [2.75, 3.05) is 19.9 Å². The summed E-state index contributed by atoms with van der Waals surface area (Å²) in [6, 6.07) is 5.91. The van der Waals surface area contributed by atoms with Crippen molar-refractivity contribution in [3.63, 3.8) is 0 Å². The Balaban J connectivity index is 1.47. The third-order valence-electron chi connectivity index (χ3n) is 4.91. The molecule has 0 spiro atoms. The first-order chi connectivity index (χ1) is 12.1. The number of likely N-dealkylation sites (tertiary alicyclic amines) is 1. The highest BCUT2D eigenvalue weighted by molar-refractivity contribution is 7.16. The number of carbonyl (C=O) groups excluding carboxylic acids is 1. The second-order valence-electron chi connectivity index (χ2n) is 6.59. The van der Waals surface area contributed by atoms with Crippen LogP contribution in [0.1, 0.15) is 29.4 Å². The summed E-state index contributed by atoms with van der Waals surface area (Å²) >= 11 is 1.42. The number of amides is 1. The predicted molar refractivity (Wildman–Crippen MR) is 95.9 cm³/mol. The Labute approximate surface area is 150 Å². The molecule has 132 valence electrons. The zero-order valence-electron chi connectivity index (χ0n) is 14.1. The fourth-order valence-corrected chi connectivity index (χ4v) is 4.20. The maximum absolute atomic E-state index is 12.7. The molecule has 0 aliphatic carbocycles. The molecule has 1 aromatic carbocycles. The van der Waals surface area contributed by atoms with Gasteiger partial charge in [0.15, 0.2) is 11.5 Å². The molecule has 2 aliphatic heterocycles. The molecule has 0 saturated carbocycles. The Morgan fingerprint density at radius 3 is 2.84 bits per heavy atom. The van der Waals surface area contributed by atoms with Gasteiger partial charge in [0.1, 0.15) is 9.88 Å². The number of carbonyl (C=O) groups is 1. The number of hydrogen-bond acceptors (Lipinski definition) is 6. The lowest BCUT2D eigenvalue weighted by Gasteiger charge is -2.33. The predicted octanol–water partition coefficient (Wildman–Crippen LogP) is 2.74. The highest BCUT2D eigenvalue weighted by atomic mass is 32.1. The lowest BCUT2D eigenvalue weighted by molar-refractivity contribution is 0.0685. The lowest BCUT2D eigenvalue weighted by atomic mass is 9.91. The molecule has 1 saturated heterocycles. The molecule has 1 fully saturated rings. The number of ether oxygens (including phenoxy) is 2. The van der Waals surface area contributed by atoms with Crippen LogP contribution in [0.3, 0.4) is 0 Å². The number of fused-ring (bicyclic) bond motifs is 1. The van der Waals surface area contributed by atoms with E-state index in [1.54, 1.807) is 6.20 Å². The fraction of sp³-hybridized carbons (Fsp3) is 0.444. The molecule has 4 rings (SSSR count). The van der Waals surface area contributed by atoms with Gasteiger partial charge in [0, 0.05) is 24.7 Å². The van der Waals surface area contributed by atoms with Crippen LogP contribution in [-0.4, -0.2) is 41.7 Å². The monoisotopic (exact) mass is 359 g/mol. The highest BCUT2D eigenvalue weighted by Gasteiger charge is 2.26. The van der Waals surface area contributed by atoms with Gasteiger partial charge in [0.25, 0.3) is 5.91 Å². The van der Waals surface area contributed by atoms with Gasteiger partial charge in [-0.1, -0.05) is 0 Å². The van der Waals surface area contributed by atoms with E-state index in [9.17, 15) is 4.79 Å². The number of piperidine rings is 1. The van der Waals surface area contributed by atoms with Crippen molar-refractivity contribution in [3.8, 4) is 22.1 Å². The topological polar surface area (TPSA) is 77.7 Å². The summed E-state index contributed by atoms with van der Waals surface area (Å²) in [7, 11) is 0. The number of thiazole rings is 1. The van der Waals surface area contributed by atoms with Crippen LogP contribution in [0.25, 0.3) is 10.6 Å². The molecule has 1 atom stereocenters. The summed E-state index contributed by atoms with van der Waals surface area (Å²) in [6.45, 7) is 3.82. The van der Waals surface area contributed by atoms with E-state index >= 15 is 0 Å². The van der Waals surface area contributed by atoms with E-state index in [1.807, 2.05) is 30.0 Å². The molecule has 2 N–H and O–H groups in total. The van der Waals surface area contributed by atoms with E-state index in [2.05, 4.69) is 4.98 Å². The standard InChI is InChI=1S/C18H21N3O3S/c1-11(19)12-4-6-21(7-5-12)18(22)16-9-20-17(25-16)13-2-3-14-15(8-13)24-10-23-14/h2-3,8-9,11-12H,4-7,10,19H2,1H3. The maximum Gasteiger partial charge on any atom is 0.265 e. The van der Waals surface area contributed by atoms with E-state index in [-0.39, 0.29) is 18.7 Å². The second kappa shape index (κ2) is 6.65. The quantitative estimate of drug-likeness (QED) is 0.912. The average molecular weight is 359 g/mol. The van der Waals surface area contributed by atoms with Crippen molar-refractivity contribution < 1.29 is 14.3 Å². The Bertz CT molecular complexity index is 782. The van der Waals surface area contributed by atoms with Gasteiger partial charge in [0.2, 0.25) is 6.79 Å². The molecular weight excluding hydrogens is 338 g/mol. The number of nitrogens with zero attached hydrogens (tertiary/aromatic N) is 2. The number of rotatable bonds is 3. The summed E-state index contributed by atoms with van der Waals surface area (Å²) in [6.07, 6.45) is 3.61. The second-order valence-corrected chi connectivity index (χ2v) is 7.62. The molecular formula is C18H21N3O3S. The first-order valence-electron chi connectivity index (χ1n) is 8.52. The van der Waals surface area contributed by atoms with Crippen LogP contribution in [0.4, 0.5) is 0 Å². The third kappa shape index (κ3) is 3.21. The van der Waals surface area contributed by atoms with Crippen LogP contribution >= 0.6 is 11.3 Å². The molecule has 2 aromatic rings. The van der Waals surface area contributed by atoms with E-state index in [1.165, 1.54) is 11.3 Å². The molecule has 1 amide bonds. The normalized spacial score (nSPS) is 18.4. The van der Waals surface area contributed by atoms with E-state index in [0.717, 1.165) is 48.0 Å². The lowest BCUT2D eigenvalue weighted by Crippen LogP contribution is -2.42. The summed E-state index contributed by atoms with van der Waals surface area (Å²) in [5.74, 6) is 2.04. The van der Waals surface area contributed by atoms with Gasteiger partial charge in [-0.3, -0.25) is 4.79 Å². The number of hydrogen-bond donors (Lipinski definition) is 1. The van der Waals surface area contributed by atoms with Gasteiger partial charge in [-0.25, -0.2) is 4.98 Å². The van der Waals surface area contributed by atoms with Gasteiger partial charge in [-0.15, -0.1) is 11.3 Å². The van der Waals surface area contributed by atoms with Crippen LogP contribution in [-0.2, 0) is 0 Å². The zero-order valence-corrected chi connectivity index (χ0v) is 14.9. The molecule has 25 heavy (non-hydrogen) atoms. The van der Waals surface area contributed by atoms with Crippen molar-refractivity contribution in [1.82, 2.24) is 9.88 Å². The minimum atomic E-state index is 0.0626. The highest BCUT2D eigenvalue weighted by Crippen LogP contribution is 2.37. The van der Waals surface area contributed by atoms with Crippen molar-refractivity contribution >= 4 is 17.2 Å². The first-order valence-corrected chi connectivity index (χ1v) is 9.34. The minimum absolute atomic E-state index is 0.0626. The van der Waals surface area contributed by atoms with Crippen LogP contribution < -0.4 is 15.2 Å². The van der Waals surface area contributed by atoms with Gasteiger partial charge in [0.05, 0.1) is 6.20 Å². The van der Waals surface area contributed by atoms with Gasteiger partial charge in [-0.2, -0.15) is 0 Å².